The van der Waals surface area contributed by atoms with E-state index in [1.165, 1.54) is 4.31 Å². The average Bonchev–Trinajstić information content (AvgIpc) is 2.89. The van der Waals surface area contributed by atoms with Gasteiger partial charge >= 0.3 is 0 Å². The van der Waals surface area contributed by atoms with Crippen LogP contribution in [0.4, 0.5) is 0 Å². The highest BCUT2D eigenvalue weighted by Crippen LogP contribution is 2.21. The van der Waals surface area contributed by atoms with Crippen LogP contribution in [0.15, 0.2) is 29.2 Å². The van der Waals surface area contributed by atoms with Crippen molar-refractivity contribution in [1.29, 1.82) is 0 Å². The molecule has 1 amide bonds. The zero-order valence-electron chi connectivity index (χ0n) is 11.4. The van der Waals surface area contributed by atoms with Crippen LogP contribution in [0.25, 0.3) is 0 Å². The first kappa shape index (κ1) is 15.0. The second kappa shape index (κ2) is 5.90. The molecule has 0 bridgehead atoms. The molecule has 0 aliphatic carbocycles. The number of nitrogens with two attached hydrogens (primary N) is 1. The van der Waals surface area contributed by atoms with E-state index in [1.54, 1.807) is 18.2 Å². The van der Waals surface area contributed by atoms with Crippen LogP contribution in [0.2, 0.25) is 0 Å². The molecular weight excluding hydrogens is 278 g/mol. The van der Waals surface area contributed by atoms with Crippen LogP contribution in [-0.2, 0) is 14.8 Å². The maximum Gasteiger partial charge on any atom is 0.243 e. The molecule has 1 aromatic rings. The fourth-order valence-electron chi connectivity index (χ4n) is 2.36. The molecule has 3 N–H and O–H groups in total. The number of primary amides is 1. The summed E-state index contributed by atoms with van der Waals surface area (Å²) in [5.74, 6) is -0.645. The maximum absolute atomic E-state index is 12.7. The van der Waals surface area contributed by atoms with Crippen molar-refractivity contribution >= 4 is 15.9 Å². The molecule has 2 rings (SSSR count). The van der Waals surface area contributed by atoms with E-state index in [0.717, 1.165) is 12.1 Å². The molecule has 1 atom stereocenters. The molecule has 0 aromatic heterocycles. The largest absolute Gasteiger partial charge is 0.369 e. The highest BCUT2D eigenvalue weighted by molar-refractivity contribution is 7.89. The zero-order chi connectivity index (χ0) is 14.8. The van der Waals surface area contributed by atoms with E-state index >= 15 is 0 Å². The van der Waals surface area contributed by atoms with Crippen molar-refractivity contribution in [2.75, 3.05) is 19.6 Å². The Bertz CT molecular complexity index is 595. The SMILES string of the molecule is Cc1cccc(S(=O)(=O)N(CC(N)=O)C2CCNC2)c1. The van der Waals surface area contributed by atoms with Crippen molar-refractivity contribution in [1.82, 2.24) is 9.62 Å². The smallest absolute Gasteiger partial charge is 0.243 e. The molecule has 1 aliphatic rings. The summed E-state index contributed by atoms with van der Waals surface area (Å²) in [6, 6.07) is 6.43. The summed E-state index contributed by atoms with van der Waals surface area (Å²) in [6.07, 6.45) is 0.679. The highest BCUT2D eigenvalue weighted by Gasteiger charge is 2.34. The van der Waals surface area contributed by atoms with E-state index in [1.807, 2.05) is 13.0 Å². The number of sulfonamides is 1. The van der Waals surface area contributed by atoms with Gasteiger partial charge in [-0.1, -0.05) is 12.1 Å². The van der Waals surface area contributed by atoms with Crippen molar-refractivity contribution in [2.24, 2.45) is 5.73 Å². The third-order valence-electron chi connectivity index (χ3n) is 3.35. The first-order valence-electron chi connectivity index (χ1n) is 6.49. The molecule has 1 aliphatic heterocycles. The van der Waals surface area contributed by atoms with Gasteiger partial charge in [0.25, 0.3) is 0 Å². The number of rotatable bonds is 5. The summed E-state index contributed by atoms with van der Waals surface area (Å²) in [6.45, 7) is 2.82. The Balaban J connectivity index is 2.37. The van der Waals surface area contributed by atoms with Crippen LogP contribution in [0.5, 0.6) is 0 Å². The number of carbonyl (C=O) groups is 1. The van der Waals surface area contributed by atoms with E-state index in [-0.39, 0.29) is 17.5 Å². The molecule has 1 aromatic carbocycles. The van der Waals surface area contributed by atoms with E-state index in [9.17, 15) is 13.2 Å². The number of carbonyl (C=O) groups excluding carboxylic acids is 1. The number of hydrogen-bond donors (Lipinski definition) is 2. The van der Waals surface area contributed by atoms with Crippen molar-refractivity contribution in [3.8, 4) is 0 Å². The molecule has 1 saturated heterocycles. The van der Waals surface area contributed by atoms with Gasteiger partial charge in [-0.25, -0.2) is 8.42 Å². The average molecular weight is 297 g/mol. The first-order valence-corrected chi connectivity index (χ1v) is 7.93. The Labute approximate surface area is 119 Å². The number of nitrogens with zero attached hydrogens (tertiary/aromatic N) is 1. The van der Waals surface area contributed by atoms with Gasteiger partial charge in [-0.2, -0.15) is 4.31 Å². The monoisotopic (exact) mass is 297 g/mol. The van der Waals surface area contributed by atoms with Crippen LogP contribution in [-0.4, -0.2) is 44.3 Å². The van der Waals surface area contributed by atoms with Crippen molar-refractivity contribution in [2.45, 2.75) is 24.3 Å². The molecule has 0 spiro atoms. The summed E-state index contributed by atoms with van der Waals surface area (Å²) in [5, 5.41) is 3.10. The van der Waals surface area contributed by atoms with E-state index in [0.29, 0.717) is 13.0 Å². The lowest BCUT2D eigenvalue weighted by Crippen LogP contribution is -2.46. The Kier molecular flexibility index (Phi) is 4.42. The van der Waals surface area contributed by atoms with E-state index in [2.05, 4.69) is 5.32 Å². The number of hydrogen-bond acceptors (Lipinski definition) is 4. The van der Waals surface area contributed by atoms with Gasteiger partial charge in [0, 0.05) is 12.6 Å². The fourth-order valence-corrected chi connectivity index (χ4v) is 4.09. The highest BCUT2D eigenvalue weighted by atomic mass is 32.2. The predicted molar refractivity (Wildman–Crippen MR) is 75.5 cm³/mol. The molecule has 0 saturated carbocycles. The molecule has 1 heterocycles. The van der Waals surface area contributed by atoms with Crippen molar-refractivity contribution in [3.05, 3.63) is 29.8 Å². The summed E-state index contributed by atoms with van der Waals surface area (Å²) in [4.78, 5) is 11.4. The Morgan fingerprint density at radius 1 is 1.50 bits per heavy atom. The van der Waals surface area contributed by atoms with Gasteiger partial charge in [0.2, 0.25) is 15.9 Å². The second-order valence-corrected chi connectivity index (χ2v) is 6.87. The lowest BCUT2D eigenvalue weighted by molar-refractivity contribution is -0.118. The molecule has 0 radical (unpaired) electrons. The maximum atomic E-state index is 12.7. The second-order valence-electron chi connectivity index (χ2n) is 4.98. The summed E-state index contributed by atoms with van der Waals surface area (Å²) in [5.41, 5.74) is 6.06. The molecular formula is C13H19N3O3S. The van der Waals surface area contributed by atoms with Crippen molar-refractivity contribution in [3.63, 3.8) is 0 Å². The minimum absolute atomic E-state index is 0.200. The minimum atomic E-state index is -3.71. The van der Waals surface area contributed by atoms with Gasteiger partial charge in [-0.15, -0.1) is 0 Å². The van der Waals surface area contributed by atoms with E-state index in [4.69, 9.17) is 5.73 Å². The Morgan fingerprint density at radius 3 is 2.80 bits per heavy atom. The van der Waals surface area contributed by atoms with Crippen LogP contribution in [0.1, 0.15) is 12.0 Å². The van der Waals surface area contributed by atoms with Gasteiger partial charge in [-0.05, 0) is 37.6 Å². The van der Waals surface area contributed by atoms with Crippen LogP contribution in [0.3, 0.4) is 0 Å². The van der Waals surface area contributed by atoms with Gasteiger partial charge in [0.15, 0.2) is 0 Å². The molecule has 6 nitrogen and oxygen atoms in total. The van der Waals surface area contributed by atoms with E-state index < -0.39 is 15.9 Å². The third kappa shape index (κ3) is 3.17. The molecule has 7 heteroatoms. The third-order valence-corrected chi connectivity index (χ3v) is 5.24. The quantitative estimate of drug-likeness (QED) is 0.789. The van der Waals surface area contributed by atoms with Gasteiger partial charge in [0.1, 0.15) is 0 Å². The summed E-state index contributed by atoms with van der Waals surface area (Å²) in [7, 11) is -3.71. The van der Waals surface area contributed by atoms with Crippen LogP contribution >= 0.6 is 0 Å². The normalized spacial score (nSPS) is 19.4. The number of nitrogens with one attached hydrogen (secondary N) is 1. The predicted octanol–water partition coefficient (Wildman–Crippen LogP) is -0.167. The Hall–Kier alpha value is -1.44. The summed E-state index contributed by atoms with van der Waals surface area (Å²) < 4.78 is 26.6. The topological polar surface area (TPSA) is 92.5 Å². The molecule has 110 valence electrons. The lowest BCUT2D eigenvalue weighted by atomic mass is 10.2. The van der Waals surface area contributed by atoms with Gasteiger partial charge < -0.3 is 11.1 Å². The number of aryl methyl sites for hydroxylation is 1. The number of amides is 1. The van der Waals surface area contributed by atoms with Gasteiger partial charge in [0.05, 0.1) is 11.4 Å². The van der Waals surface area contributed by atoms with Crippen LogP contribution in [0, 0.1) is 6.92 Å². The first-order chi connectivity index (χ1) is 9.41. The fraction of sp³-hybridized carbons (Fsp3) is 0.462. The molecule has 1 fully saturated rings. The van der Waals surface area contributed by atoms with Gasteiger partial charge in [-0.3, -0.25) is 4.79 Å². The minimum Gasteiger partial charge on any atom is -0.369 e. The molecule has 20 heavy (non-hydrogen) atoms. The standard InChI is InChI=1S/C13H19N3O3S/c1-10-3-2-4-12(7-10)20(18,19)16(9-13(14)17)11-5-6-15-8-11/h2-4,7,11,15H,5-6,8-9H2,1H3,(H2,14,17). The van der Waals surface area contributed by atoms with Crippen molar-refractivity contribution < 1.29 is 13.2 Å². The molecule has 1 unspecified atom stereocenters. The number of benzene rings is 1. The zero-order valence-corrected chi connectivity index (χ0v) is 12.2. The Morgan fingerprint density at radius 2 is 2.25 bits per heavy atom. The lowest BCUT2D eigenvalue weighted by Gasteiger charge is -2.26. The van der Waals surface area contributed by atoms with Crippen LogP contribution < -0.4 is 11.1 Å². The summed E-state index contributed by atoms with van der Waals surface area (Å²) >= 11 is 0.